The van der Waals surface area contributed by atoms with Gasteiger partial charge in [0.1, 0.15) is 5.54 Å². The van der Waals surface area contributed by atoms with Crippen LogP contribution in [0.3, 0.4) is 0 Å². The first-order valence-electron chi connectivity index (χ1n) is 6.14. The fraction of sp³-hybridized carbons (Fsp3) is 0.500. The summed E-state index contributed by atoms with van der Waals surface area (Å²) < 4.78 is 5.97. The zero-order valence-electron chi connectivity index (χ0n) is 10.7. The zero-order valence-corrected chi connectivity index (χ0v) is 12.3. The van der Waals surface area contributed by atoms with E-state index >= 15 is 0 Å². The summed E-state index contributed by atoms with van der Waals surface area (Å²) in [5, 5.41) is 3.27. The molecule has 1 N–H and O–H groups in total. The van der Waals surface area contributed by atoms with Crippen LogP contribution in [0.5, 0.6) is 0 Å². The highest BCUT2D eigenvalue weighted by molar-refractivity contribution is 9.10. The molecule has 3 nitrogen and oxygen atoms in total. The predicted octanol–water partition coefficient (Wildman–Crippen LogP) is 2.85. The highest BCUT2D eigenvalue weighted by atomic mass is 79.9. The quantitative estimate of drug-likeness (QED) is 0.854. The Morgan fingerprint density at radius 1 is 1.44 bits per heavy atom. The predicted molar refractivity (Wildman–Crippen MR) is 74.5 cm³/mol. The summed E-state index contributed by atoms with van der Waals surface area (Å²) in [4.78, 5) is 11.8. The van der Waals surface area contributed by atoms with Crippen molar-refractivity contribution in [2.24, 2.45) is 0 Å². The number of carbonyl (C=O) groups excluding carboxylic acids is 1. The number of carbonyl (C=O) groups is 1. The van der Waals surface area contributed by atoms with Gasteiger partial charge >= 0.3 is 5.97 Å². The van der Waals surface area contributed by atoms with Gasteiger partial charge in [0.2, 0.25) is 0 Å². The van der Waals surface area contributed by atoms with Crippen LogP contribution < -0.4 is 5.32 Å². The summed E-state index contributed by atoms with van der Waals surface area (Å²) in [5.41, 5.74) is 0.722. The molecule has 0 radical (unpaired) electrons. The van der Waals surface area contributed by atoms with Gasteiger partial charge in [0.05, 0.1) is 7.11 Å². The molecular weight excluding hydrogens is 294 g/mol. The Kier molecular flexibility index (Phi) is 4.07. The molecule has 98 valence electrons. The largest absolute Gasteiger partial charge is 0.468 e. The van der Waals surface area contributed by atoms with Crippen molar-refractivity contribution >= 4 is 21.9 Å². The van der Waals surface area contributed by atoms with Gasteiger partial charge in [-0.1, -0.05) is 28.1 Å². The molecule has 18 heavy (non-hydrogen) atoms. The van der Waals surface area contributed by atoms with Crippen LogP contribution in [-0.4, -0.2) is 25.2 Å². The number of piperidine rings is 1. The van der Waals surface area contributed by atoms with E-state index in [2.05, 4.69) is 33.4 Å². The van der Waals surface area contributed by atoms with E-state index in [1.165, 1.54) is 12.7 Å². The standard InChI is InChI=1S/C14H18BrNO2/c1-14(13(17)18-2)9-11(7-8-16-14)10-3-5-12(15)6-4-10/h3-6,11,16H,7-9H2,1-2H3. The third-order valence-electron chi connectivity index (χ3n) is 3.64. The van der Waals surface area contributed by atoms with Crippen LogP contribution in [0.1, 0.15) is 31.2 Å². The second-order valence-electron chi connectivity index (χ2n) is 4.99. The first kappa shape index (κ1) is 13.6. The van der Waals surface area contributed by atoms with E-state index in [1.54, 1.807) is 0 Å². The van der Waals surface area contributed by atoms with Gasteiger partial charge in [-0.25, -0.2) is 0 Å². The van der Waals surface area contributed by atoms with Crippen LogP contribution in [0.4, 0.5) is 0 Å². The molecular formula is C14H18BrNO2. The van der Waals surface area contributed by atoms with Crippen LogP contribution in [0.15, 0.2) is 28.7 Å². The van der Waals surface area contributed by atoms with Gasteiger partial charge in [0.15, 0.2) is 0 Å². The highest BCUT2D eigenvalue weighted by Crippen LogP contribution is 2.33. The fourth-order valence-corrected chi connectivity index (χ4v) is 2.85. The van der Waals surface area contributed by atoms with Crippen molar-refractivity contribution in [2.75, 3.05) is 13.7 Å². The van der Waals surface area contributed by atoms with E-state index < -0.39 is 5.54 Å². The van der Waals surface area contributed by atoms with Crippen LogP contribution in [0.2, 0.25) is 0 Å². The summed E-state index contributed by atoms with van der Waals surface area (Å²) in [6.45, 7) is 2.76. The Hall–Kier alpha value is -0.870. The normalized spacial score (nSPS) is 27.8. The van der Waals surface area contributed by atoms with Crippen molar-refractivity contribution in [1.82, 2.24) is 5.32 Å². The number of hydrogen-bond donors (Lipinski definition) is 1. The van der Waals surface area contributed by atoms with Crippen LogP contribution in [0, 0.1) is 0 Å². The van der Waals surface area contributed by atoms with E-state index in [0.717, 1.165) is 23.9 Å². The van der Waals surface area contributed by atoms with Gasteiger partial charge in [-0.15, -0.1) is 0 Å². The average molecular weight is 312 g/mol. The maximum atomic E-state index is 11.8. The van der Waals surface area contributed by atoms with Crippen molar-refractivity contribution in [3.63, 3.8) is 0 Å². The zero-order chi connectivity index (χ0) is 13.2. The molecule has 0 bridgehead atoms. The van der Waals surface area contributed by atoms with Crippen LogP contribution >= 0.6 is 15.9 Å². The smallest absolute Gasteiger partial charge is 0.325 e. The van der Waals surface area contributed by atoms with Crippen molar-refractivity contribution in [3.8, 4) is 0 Å². The summed E-state index contributed by atoms with van der Waals surface area (Å²) in [6, 6.07) is 8.34. The number of hydrogen-bond acceptors (Lipinski definition) is 3. The summed E-state index contributed by atoms with van der Waals surface area (Å²) in [7, 11) is 1.44. The topological polar surface area (TPSA) is 38.3 Å². The molecule has 2 atom stereocenters. The van der Waals surface area contributed by atoms with E-state index in [0.29, 0.717) is 5.92 Å². The van der Waals surface area contributed by atoms with Gasteiger partial charge in [-0.3, -0.25) is 4.79 Å². The second-order valence-corrected chi connectivity index (χ2v) is 5.91. The maximum absolute atomic E-state index is 11.8. The van der Waals surface area contributed by atoms with E-state index in [-0.39, 0.29) is 5.97 Å². The Morgan fingerprint density at radius 3 is 2.72 bits per heavy atom. The van der Waals surface area contributed by atoms with Gasteiger partial charge in [-0.2, -0.15) is 0 Å². The Bertz CT molecular complexity index is 432. The van der Waals surface area contributed by atoms with E-state index in [4.69, 9.17) is 4.74 Å². The second kappa shape index (κ2) is 5.41. The minimum Gasteiger partial charge on any atom is -0.468 e. The maximum Gasteiger partial charge on any atom is 0.325 e. The number of halogens is 1. The Morgan fingerprint density at radius 2 is 2.11 bits per heavy atom. The lowest BCUT2D eigenvalue weighted by atomic mass is 9.79. The molecule has 0 aliphatic carbocycles. The molecule has 1 aliphatic heterocycles. The number of nitrogens with one attached hydrogen (secondary N) is 1. The van der Waals surface area contributed by atoms with E-state index in [9.17, 15) is 4.79 Å². The monoisotopic (exact) mass is 311 g/mol. The first-order chi connectivity index (χ1) is 8.55. The van der Waals surface area contributed by atoms with Crippen molar-refractivity contribution in [3.05, 3.63) is 34.3 Å². The van der Waals surface area contributed by atoms with Crippen molar-refractivity contribution in [1.29, 1.82) is 0 Å². The number of ether oxygens (including phenoxy) is 1. The molecule has 0 amide bonds. The highest BCUT2D eigenvalue weighted by Gasteiger charge is 2.39. The van der Waals surface area contributed by atoms with Crippen LogP contribution in [-0.2, 0) is 9.53 Å². The van der Waals surface area contributed by atoms with Crippen molar-refractivity contribution < 1.29 is 9.53 Å². The number of esters is 1. The molecule has 0 saturated carbocycles. The lowest BCUT2D eigenvalue weighted by molar-refractivity contribution is -0.149. The molecule has 2 rings (SSSR count). The molecule has 4 heteroatoms. The number of rotatable bonds is 2. The third-order valence-corrected chi connectivity index (χ3v) is 4.17. The SMILES string of the molecule is COC(=O)C1(C)CC(c2ccc(Br)cc2)CCN1. The van der Waals surface area contributed by atoms with E-state index in [1.807, 2.05) is 19.1 Å². The first-order valence-corrected chi connectivity index (χ1v) is 6.93. The molecule has 1 fully saturated rings. The minimum absolute atomic E-state index is 0.177. The van der Waals surface area contributed by atoms with Gasteiger partial charge in [0.25, 0.3) is 0 Å². The molecule has 1 aliphatic rings. The van der Waals surface area contributed by atoms with Crippen LogP contribution in [0.25, 0.3) is 0 Å². The number of benzene rings is 1. The molecule has 1 aromatic carbocycles. The minimum atomic E-state index is -0.565. The van der Waals surface area contributed by atoms with Gasteiger partial charge < -0.3 is 10.1 Å². The molecule has 2 unspecified atom stereocenters. The number of methoxy groups -OCH3 is 1. The lowest BCUT2D eigenvalue weighted by Crippen LogP contribution is -2.54. The molecule has 1 saturated heterocycles. The molecule has 1 heterocycles. The Labute approximate surface area is 116 Å². The summed E-state index contributed by atoms with van der Waals surface area (Å²) >= 11 is 3.44. The summed E-state index contributed by atoms with van der Waals surface area (Å²) in [5.74, 6) is 0.229. The molecule has 0 spiro atoms. The average Bonchev–Trinajstić information content (AvgIpc) is 2.38. The molecule has 0 aromatic heterocycles. The Balaban J connectivity index is 2.16. The van der Waals surface area contributed by atoms with Crippen molar-refractivity contribution in [2.45, 2.75) is 31.2 Å². The fourth-order valence-electron chi connectivity index (χ4n) is 2.59. The van der Waals surface area contributed by atoms with Gasteiger partial charge in [-0.05, 0) is 49.9 Å². The molecule has 1 aromatic rings. The lowest BCUT2D eigenvalue weighted by Gasteiger charge is -2.37. The third kappa shape index (κ3) is 2.75. The van der Waals surface area contributed by atoms with Gasteiger partial charge in [0, 0.05) is 4.47 Å². The summed E-state index contributed by atoms with van der Waals surface area (Å²) in [6.07, 6.45) is 1.83.